The number of aromatic nitrogens is 1. The molecule has 0 spiro atoms. The molecule has 1 aromatic carbocycles. The van der Waals surface area contributed by atoms with E-state index in [1.165, 1.54) is 35.5 Å². The number of aryl methyl sites for hydroxylation is 1. The number of likely N-dealkylation sites (tertiary alicyclic amines) is 2. The molecule has 2 amide bonds. The maximum absolute atomic E-state index is 15.1. The molecule has 3 aromatic rings. The van der Waals surface area contributed by atoms with E-state index in [0.29, 0.717) is 84.9 Å². The number of carboxylic acid groups (broad SMARTS) is 1. The minimum Gasteiger partial charge on any atom is -0.490 e. The lowest BCUT2D eigenvalue weighted by atomic mass is 9.66. The van der Waals surface area contributed by atoms with E-state index in [9.17, 15) is 42.7 Å². The average molecular weight is 1420 g/mol. The van der Waals surface area contributed by atoms with Crippen LogP contribution in [0.25, 0.3) is 0 Å². The van der Waals surface area contributed by atoms with Gasteiger partial charge in [-0.25, -0.2) is 0 Å². The Morgan fingerprint density at radius 3 is 1.97 bits per heavy atom. The molecular weight excluding hydrogens is 1330 g/mol. The zero-order valence-corrected chi connectivity index (χ0v) is 56.1. The number of aliphatic carboxylic acids is 1. The molecule has 14 nitrogen and oxygen atoms in total. The molecule has 0 bridgehead atoms. The Hall–Kier alpha value is -4.26. The highest BCUT2D eigenvalue weighted by molar-refractivity contribution is 9.10. The van der Waals surface area contributed by atoms with Crippen LogP contribution in [0.4, 0.5) is 13.2 Å². The zero-order valence-electron chi connectivity index (χ0n) is 50.6. The Morgan fingerprint density at radius 2 is 1.48 bits per heavy atom. The summed E-state index contributed by atoms with van der Waals surface area (Å²) in [6.07, 6.45) is 11.8. The summed E-state index contributed by atoms with van der Waals surface area (Å²) in [5.41, 5.74) is -4.38. The number of ether oxygens (including phenoxy) is 4. The van der Waals surface area contributed by atoms with E-state index in [4.69, 9.17) is 18.9 Å². The number of hydrogen-bond donors (Lipinski definition) is 1. The predicted molar refractivity (Wildman–Crippen MR) is 341 cm³/mol. The standard InChI is InChI=1S/C42H49F3N4O6S.C11H19BrO2.C7H12O2.C4H8Br2.CH4/c1-4-9-35-41(55-30-24-29(3)56-26-30,16-8-21-49(35)36(50)31-25-47-20-13-32(31)42(43,44)45)37(51)48-22-18-40(27-46,19-23-48)33-10-5-6-11-34(33)54-28(2)12-17-39(38(52)53)14-7-15-39;1-3-14-10(13)11(6-4-7-11)8-5-9(2)12;1-2-9-7(8)6-4-3-5-6;1-4(6)2-3-5;/h5-6,10-11,13,20,24-26,28,35H,4,7-9,12,14-19,21-23H2,1-3H3,(H,52,53);9H,3-8H2,1-2H3;6H,2-5H2,1H3;4H,2-3H2,1H3;1H4/t28?,35-,41+;;;;/m1..../s1. The number of piperidine rings is 2. The first kappa shape index (κ1) is 74.2. The number of benzene rings is 1. The summed E-state index contributed by atoms with van der Waals surface area (Å²) < 4.78 is 65.4. The van der Waals surface area contributed by atoms with E-state index >= 15 is 4.79 Å². The van der Waals surface area contributed by atoms with Gasteiger partial charge in [-0.1, -0.05) is 120 Å². The minimum atomic E-state index is -4.79. The summed E-state index contributed by atoms with van der Waals surface area (Å²) in [4.78, 5) is 72.7. The quantitative estimate of drug-likeness (QED) is 0.0742. The van der Waals surface area contributed by atoms with E-state index in [-0.39, 0.29) is 81.6 Å². The van der Waals surface area contributed by atoms with Crippen LogP contribution in [-0.4, -0.2) is 115 Å². The summed E-state index contributed by atoms with van der Waals surface area (Å²) >= 11 is 11.7. The number of nitriles is 1. The molecule has 21 heteroatoms. The fourth-order valence-corrected chi connectivity index (χ4v) is 14.1. The van der Waals surface area contributed by atoms with E-state index in [2.05, 4.69) is 72.7 Å². The van der Waals surface area contributed by atoms with E-state index in [1.54, 1.807) is 10.3 Å². The molecule has 0 radical (unpaired) electrons. The second-order valence-corrected chi connectivity index (χ2v) is 28.4. The summed E-state index contributed by atoms with van der Waals surface area (Å²) in [6.45, 7) is 15.2. The Labute approximate surface area is 538 Å². The molecule has 3 unspecified atom stereocenters. The van der Waals surface area contributed by atoms with Gasteiger partial charge in [-0.15, -0.1) is 11.3 Å². The number of rotatable bonds is 22. The van der Waals surface area contributed by atoms with Crippen LogP contribution in [0.15, 0.2) is 54.2 Å². The van der Waals surface area contributed by atoms with Crippen LogP contribution in [0.2, 0.25) is 0 Å². The number of alkyl halides is 6. The van der Waals surface area contributed by atoms with Crippen LogP contribution in [0.3, 0.4) is 0 Å². The lowest BCUT2D eigenvalue weighted by Gasteiger charge is -2.51. The molecule has 5 aliphatic rings. The number of nitrogens with zero attached hydrogens (tertiary/aromatic N) is 4. The van der Waals surface area contributed by atoms with Gasteiger partial charge in [0.1, 0.15) is 11.5 Å². The fourth-order valence-electron chi connectivity index (χ4n) is 11.7. The van der Waals surface area contributed by atoms with Gasteiger partial charge in [0.2, 0.25) is 5.60 Å². The van der Waals surface area contributed by atoms with Crippen LogP contribution in [0.5, 0.6) is 11.5 Å². The van der Waals surface area contributed by atoms with Gasteiger partial charge in [0.15, 0.2) is 0 Å². The van der Waals surface area contributed by atoms with E-state index in [0.717, 1.165) is 73.6 Å². The van der Waals surface area contributed by atoms with Crippen LogP contribution >= 0.6 is 59.1 Å². The molecule has 5 fully saturated rings. The third-order valence-corrected chi connectivity index (χ3v) is 19.5. The van der Waals surface area contributed by atoms with Gasteiger partial charge in [-0.05, 0) is 142 Å². The van der Waals surface area contributed by atoms with Gasteiger partial charge in [0, 0.05) is 69.3 Å². The molecule has 8 rings (SSSR count). The predicted octanol–water partition coefficient (Wildman–Crippen LogP) is 16.4. The molecule has 1 N–H and O–H groups in total. The van der Waals surface area contributed by atoms with Crippen LogP contribution < -0.4 is 9.47 Å². The normalized spacial score (nSPS) is 21.0. The molecule has 4 heterocycles. The van der Waals surface area contributed by atoms with Crippen LogP contribution in [-0.2, 0) is 40.2 Å². The molecule has 2 saturated heterocycles. The number of esters is 2. The first-order valence-electron chi connectivity index (χ1n) is 30.3. The van der Waals surface area contributed by atoms with Crippen molar-refractivity contribution in [1.29, 1.82) is 5.26 Å². The minimum absolute atomic E-state index is 0. The Morgan fingerprint density at radius 1 is 0.849 bits per heavy atom. The molecule has 480 valence electrons. The Bertz CT molecular complexity index is 2690. The van der Waals surface area contributed by atoms with Gasteiger partial charge in [-0.2, -0.15) is 18.4 Å². The highest BCUT2D eigenvalue weighted by atomic mass is 79.9. The molecule has 3 saturated carbocycles. The summed E-state index contributed by atoms with van der Waals surface area (Å²) in [7, 11) is 0. The molecule has 2 aromatic heterocycles. The van der Waals surface area contributed by atoms with Crippen molar-refractivity contribution in [2.75, 3.05) is 38.2 Å². The molecule has 86 heavy (non-hydrogen) atoms. The maximum atomic E-state index is 15.1. The van der Waals surface area contributed by atoms with Crippen molar-refractivity contribution in [2.24, 2.45) is 16.7 Å². The third kappa shape index (κ3) is 19.4. The largest absolute Gasteiger partial charge is 0.490 e. The number of carboxylic acids is 1. The van der Waals surface area contributed by atoms with E-state index < -0.39 is 51.7 Å². The lowest BCUT2D eigenvalue weighted by Crippen LogP contribution is -2.68. The zero-order chi connectivity index (χ0) is 62.6. The van der Waals surface area contributed by atoms with Gasteiger partial charge in [0.05, 0.1) is 64.7 Å². The van der Waals surface area contributed by atoms with Crippen molar-refractivity contribution in [3.05, 3.63) is 75.7 Å². The first-order valence-corrected chi connectivity index (χ1v) is 34.2. The number of halogens is 6. The maximum Gasteiger partial charge on any atom is 0.417 e. The highest BCUT2D eigenvalue weighted by Gasteiger charge is 2.57. The number of hydrogen-bond acceptors (Lipinski definition) is 12. The summed E-state index contributed by atoms with van der Waals surface area (Å²) in [5, 5.41) is 23.4. The Kier molecular flexibility index (Phi) is 29.9. The van der Waals surface area contributed by atoms with Crippen molar-refractivity contribution in [2.45, 2.75) is 223 Å². The number of thiophene rings is 1. The van der Waals surface area contributed by atoms with Crippen molar-refractivity contribution in [1.82, 2.24) is 14.8 Å². The molecule has 2 aliphatic heterocycles. The van der Waals surface area contributed by atoms with Crippen molar-refractivity contribution < 1.29 is 61.2 Å². The molecular formula is C65H92Br3F3N4O10S. The Balaban J connectivity index is 0.000000428. The lowest BCUT2D eigenvalue weighted by molar-refractivity contribution is -0.162. The van der Waals surface area contributed by atoms with Crippen LogP contribution in [0.1, 0.15) is 204 Å². The van der Waals surface area contributed by atoms with Crippen molar-refractivity contribution in [3.63, 3.8) is 0 Å². The second kappa shape index (κ2) is 34.6. The van der Waals surface area contributed by atoms with Crippen molar-refractivity contribution >= 4 is 88.8 Å². The van der Waals surface area contributed by atoms with Gasteiger partial charge in [-0.3, -0.25) is 29.0 Å². The number of para-hydroxylation sites is 1. The smallest absolute Gasteiger partial charge is 0.417 e. The van der Waals surface area contributed by atoms with E-state index in [1.807, 2.05) is 65.0 Å². The van der Waals surface area contributed by atoms with Gasteiger partial charge in [0.25, 0.3) is 11.8 Å². The van der Waals surface area contributed by atoms with Gasteiger partial charge < -0.3 is 33.9 Å². The van der Waals surface area contributed by atoms with Gasteiger partial charge >= 0.3 is 24.1 Å². The number of carbonyl (C=O) groups is 5. The monoisotopic (exact) mass is 1410 g/mol. The number of carbonyl (C=O) groups excluding carboxylic acids is 4. The average Bonchev–Trinajstić information content (AvgIpc) is 1.91. The summed E-state index contributed by atoms with van der Waals surface area (Å²) in [6, 6.07) is 11.6. The third-order valence-electron chi connectivity index (χ3n) is 17.3. The second-order valence-electron chi connectivity index (χ2n) is 23.4. The number of amides is 2. The number of pyridine rings is 1. The first-order chi connectivity index (χ1) is 40.4. The fraction of sp³-hybridized carbons (Fsp3) is 0.677. The van der Waals surface area contributed by atoms with Crippen LogP contribution in [0, 0.1) is 35.0 Å². The molecule has 5 atom stereocenters. The van der Waals surface area contributed by atoms with Crippen molar-refractivity contribution in [3.8, 4) is 17.6 Å². The SMILES string of the molecule is C.CC(Br)CCBr.CCC[C@H]1N(C(=O)c2cnccc2C(F)(F)F)CCC[C@@]1(Oc1csc(C)c1)C(=O)N1CCC(C#N)(c2ccccc2OC(C)CCC2(C(=O)O)CCC2)CC1.CCOC(=O)C1(CCC(C)Br)CCC1.CCOC(=O)C1CCC1. The topological polar surface area (TPSA) is 186 Å². The molecule has 3 aliphatic carbocycles. The summed E-state index contributed by atoms with van der Waals surface area (Å²) in [5.74, 6) is -0.726. The highest BCUT2D eigenvalue weighted by Crippen LogP contribution is 2.48.